The highest BCUT2D eigenvalue weighted by atomic mass is 35.5. The molecule has 0 amide bonds. The standard InChI is InChI=1S/C12H20ClN3/c1-3-5-7-10(6-4-2)16-12-8-11(13)14-9-15-12/h8-10H,3-7H2,1-2H3,(H,14,15,16). The topological polar surface area (TPSA) is 37.8 Å². The van der Waals surface area contributed by atoms with Gasteiger partial charge < -0.3 is 5.32 Å². The van der Waals surface area contributed by atoms with Crippen molar-refractivity contribution in [1.82, 2.24) is 9.97 Å². The van der Waals surface area contributed by atoms with Crippen LogP contribution in [-0.2, 0) is 0 Å². The highest BCUT2D eigenvalue weighted by Gasteiger charge is 2.07. The van der Waals surface area contributed by atoms with E-state index in [-0.39, 0.29) is 0 Å². The summed E-state index contributed by atoms with van der Waals surface area (Å²) in [6, 6.07) is 2.27. The van der Waals surface area contributed by atoms with Crippen molar-refractivity contribution in [3.05, 3.63) is 17.5 Å². The van der Waals surface area contributed by atoms with Crippen LogP contribution in [0.5, 0.6) is 0 Å². The first kappa shape index (κ1) is 13.2. The highest BCUT2D eigenvalue weighted by Crippen LogP contribution is 2.15. The number of hydrogen-bond donors (Lipinski definition) is 1. The number of rotatable bonds is 7. The van der Waals surface area contributed by atoms with Gasteiger partial charge in [0.2, 0.25) is 0 Å². The molecular weight excluding hydrogens is 222 g/mol. The third-order valence-electron chi connectivity index (χ3n) is 2.53. The van der Waals surface area contributed by atoms with E-state index in [0.717, 1.165) is 5.82 Å². The summed E-state index contributed by atoms with van der Waals surface area (Å²) in [5.74, 6) is 0.828. The van der Waals surface area contributed by atoms with Gasteiger partial charge in [0.1, 0.15) is 17.3 Å². The molecule has 0 saturated carbocycles. The third-order valence-corrected chi connectivity index (χ3v) is 2.74. The van der Waals surface area contributed by atoms with E-state index < -0.39 is 0 Å². The Kier molecular flexibility index (Phi) is 6.16. The predicted octanol–water partition coefficient (Wildman–Crippen LogP) is 3.90. The molecule has 4 heteroatoms. The lowest BCUT2D eigenvalue weighted by Crippen LogP contribution is -2.19. The van der Waals surface area contributed by atoms with Crippen LogP contribution in [0.15, 0.2) is 12.4 Å². The van der Waals surface area contributed by atoms with Gasteiger partial charge in [0.05, 0.1) is 0 Å². The number of halogens is 1. The summed E-state index contributed by atoms with van der Waals surface area (Å²) >= 11 is 5.82. The van der Waals surface area contributed by atoms with Crippen molar-refractivity contribution in [2.24, 2.45) is 0 Å². The third kappa shape index (κ3) is 4.79. The molecule has 1 N–H and O–H groups in total. The van der Waals surface area contributed by atoms with Gasteiger partial charge in [0.15, 0.2) is 0 Å². The van der Waals surface area contributed by atoms with Crippen molar-refractivity contribution >= 4 is 17.4 Å². The molecule has 1 atom stereocenters. The zero-order valence-electron chi connectivity index (χ0n) is 10.0. The van der Waals surface area contributed by atoms with E-state index in [1.165, 1.54) is 38.4 Å². The molecule has 1 aromatic rings. The van der Waals surface area contributed by atoms with E-state index in [9.17, 15) is 0 Å². The normalized spacial score (nSPS) is 12.4. The molecule has 3 nitrogen and oxygen atoms in total. The average Bonchev–Trinajstić information content (AvgIpc) is 2.26. The summed E-state index contributed by atoms with van der Waals surface area (Å²) in [4.78, 5) is 8.03. The molecule has 0 spiro atoms. The van der Waals surface area contributed by atoms with E-state index in [4.69, 9.17) is 11.6 Å². The van der Waals surface area contributed by atoms with E-state index in [1.807, 2.05) is 0 Å². The Labute approximate surface area is 103 Å². The van der Waals surface area contributed by atoms with Crippen LogP contribution in [0.4, 0.5) is 5.82 Å². The van der Waals surface area contributed by atoms with Crippen molar-refractivity contribution < 1.29 is 0 Å². The average molecular weight is 242 g/mol. The van der Waals surface area contributed by atoms with Crippen LogP contribution in [0, 0.1) is 0 Å². The van der Waals surface area contributed by atoms with Crippen molar-refractivity contribution in [1.29, 1.82) is 0 Å². The number of aromatic nitrogens is 2. The van der Waals surface area contributed by atoms with Gasteiger partial charge in [-0.2, -0.15) is 0 Å². The lowest BCUT2D eigenvalue weighted by molar-refractivity contribution is 0.563. The van der Waals surface area contributed by atoms with Crippen molar-refractivity contribution in [2.75, 3.05) is 5.32 Å². The van der Waals surface area contributed by atoms with Crippen molar-refractivity contribution in [3.8, 4) is 0 Å². The molecule has 1 aromatic heterocycles. The van der Waals surface area contributed by atoms with Crippen LogP contribution >= 0.6 is 11.6 Å². The molecule has 0 bridgehead atoms. The molecule has 1 rings (SSSR count). The summed E-state index contributed by atoms with van der Waals surface area (Å²) in [6.45, 7) is 4.41. The second kappa shape index (κ2) is 7.44. The lowest BCUT2D eigenvalue weighted by Gasteiger charge is -2.18. The Balaban J connectivity index is 2.52. The monoisotopic (exact) mass is 241 g/mol. The maximum atomic E-state index is 5.82. The van der Waals surface area contributed by atoms with Crippen molar-refractivity contribution in [2.45, 2.75) is 52.0 Å². The van der Waals surface area contributed by atoms with Gasteiger partial charge in [0.25, 0.3) is 0 Å². The summed E-state index contributed by atoms with van der Waals surface area (Å²) in [6.07, 6.45) is 7.50. The minimum Gasteiger partial charge on any atom is -0.367 e. The van der Waals surface area contributed by atoms with Crippen LogP contribution in [0.3, 0.4) is 0 Å². The van der Waals surface area contributed by atoms with Gasteiger partial charge >= 0.3 is 0 Å². The number of hydrogen-bond acceptors (Lipinski definition) is 3. The molecule has 1 heterocycles. The number of anilines is 1. The fourth-order valence-corrected chi connectivity index (χ4v) is 1.86. The summed E-state index contributed by atoms with van der Waals surface area (Å²) in [7, 11) is 0. The summed E-state index contributed by atoms with van der Waals surface area (Å²) in [5, 5.41) is 3.91. The number of nitrogens with zero attached hydrogens (tertiary/aromatic N) is 2. The molecule has 0 aliphatic carbocycles. The molecule has 90 valence electrons. The van der Waals surface area contributed by atoms with Gasteiger partial charge in [-0.15, -0.1) is 0 Å². The second-order valence-corrected chi connectivity index (χ2v) is 4.39. The SMILES string of the molecule is CCCCC(CCC)Nc1cc(Cl)ncn1. The highest BCUT2D eigenvalue weighted by molar-refractivity contribution is 6.29. The van der Waals surface area contributed by atoms with Crippen LogP contribution < -0.4 is 5.32 Å². The van der Waals surface area contributed by atoms with Gasteiger partial charge in [-0.1, -0.05) is 44.7 Å². The maximum Gasteiger partial charge on any atom is 0.134 e. The molecule has 16 heavy (non-hydrogen) atoms. The van der Waals surface area contributed by atoms with Crippen LogP contribution in [0.25, 0.3) is 0 Å². The van der Waals surface area contributed by atoms with Gasteiger partial charge in [-0.05, 0) is 12.8 Å². The summed E-state index contributed by atoms with van der Waals surface area (Å²) in [5.41, 5.74) is 0. The van der Waals surface area contributed by atoms with E-state index >= 15 is 0 Å². The molecule has 0 radical (unpaired) electrons. The number of nitrogens with one attached hydrogen (secondary N) is 1. The first-order chi connectivity index (χ1) is 7.76. The fraction of sp³-hybridized carbons (Fsp3) is 0.667. The zero-order chi connectivity index (χ0) is 11.8. The van der Waals surface area contributed by atoms with E-state index in [1.54, 1.807) is 6.07 Å². The van der Waals surface area contributed by atoms with Gasteiger partial charge in [0, 0.05) is 12.1 Å². The van der Waals surface area contributed by atoms with Crippen LogP contribution in [0.2, 0.25) is 5.15 Å². The van der Waals surface area contributed by atoms with Crippen LogP contribution in [-0.4, -0.2) is 16.0 Å². The molecular formula is C12H20ClN3. The Bertz CT molecular complexity index is 304. The minimum absolute atomic E-state index is 0.489. The smallest absolute Gasteiger partial charge is 0.134 e. The number of unbranched alkanes of at least 4 members (excludes halogenated alkanes) is 1. The lowest BCUT2D eigenvalue weighted by atomic mass is 10.1. The van der Waals surface area contributed by atoms with E-state index in [2.05, 4.69) is 29.1 Å². The Morgan fingerprint density at radius 2 is 2.06 bits per heavy atom. The molecule has 1 unspecified atom stereocenters. The van der Waals surface area contributed by atoms with E-state index in [0.29, 0.717) is 11.2 Å². The molecule has 0 aromatic carbocycles. The largest absolute Gasteiger partial charge is 0.367 e. The zero-order valence-corrected chi connectivity index (χ0v) is 10.8. The fourth-order valence-electron chi connectivity index (χ4n) is 1.71. The molecule has 0 aliphatic rings. The second-order valence-electron chi connectivity index (χ2n) is 4.00. The minimum atomic E-state index is 0.489. The Morgan fingerprint density at radius 1 is 1.25 bits per heavy atom. The van der Waals surface area contributed by atoms with Gasteiger partial charge in [-0.25, -0.2) is 9.97 Å². The predicted molar refractivity (Wildman–Crippen MR) is 68.9 cm³/mol. The Morgan fingerprint density at radius 3 is 2.69 bits per heavy atom. The van der Waals surface area contributed by atoms with Crippen LogP contribution in [0.1, 0.15) is 46.0 Å². The molecule has 0 saturated heterocycles. The van der Waals surface area contributed by atoms with Gasteiger partial charge in [-0.3, -0.25) is 0 Å². The quantitative estimate of drug-likeness (QED) is 0.736. The molecule has 0 aliphatic heterocycles. The Hall–Kier alpha value is -0.830. The first-order valence-corrected chi connectivity index (χ1v) is 6.38. The summed E-state index contributed by atoms with van der Waals surface area (Å²) < 4.78 is 0. The molecule has 0 fully saturated rings. The first-order valence-electron chi connectivity index (χ1n) is 6.00. The maximum absolute atomic E-state index is 5.82. The van der Waals surface area contributed by atoms with Crippen molar-refractivity contribution in [3.63, 3.8) is 0 Å².